The number of nitrogens with one attached hydrogen (secondary N) is 1. The highest BCUT2D eigenvalue weighted by molar-refractivity contribution is 4.61. The van der Waals surface area contributed by atoms with Crippen LogP contribution in [-0.2, 0) is 4.74 Å². The van der Waals surface area contributed by atoms with E-state index in [-0.39, 0.29) is 5.06 Å². The van der Waals surface area contributed by atoms with Crippen molar-refractivity contribution in [3.63, 3.8) is 0 Å². The van der Waals surface area contributed by atoms with Gasteiger partial charge in [-0.3, -0.25) is 0 Å². The molecule has 3 heteroatoms. The van der Waals surface area contributed by atoms with Gasteiger partial charge in [0.25, 0.3) is 0 Å². The van der Waals surface area contributed by atoms with E-state index in [4.69, 9.17) is 4.74 Å². The first-order chi connectivity index (χ1) is 4.63. The van der Waals surface area contributed by atoms with Gasteiger partial charge >= 0.3 is 0 Å². The number of hydroxylamine groups is 2. The molecule has 0 bridgehead atoms. The first-order valence-corrected chi connectivity index (χ1v) is 3.69. The Labute approximate surface area is 62.6 Å². The van der Waals surface area contributed by atoms with Crippen LogP contribution in [0.5, 0.6) is 0 Å². The summed E-state index contributed by atoms with van der Waals surface area (Å²) in [4.78, 5) is 0. The van der Waals surface area contributed by atoms with Gasteiger partial charge in [-0.15, -0.1) is 0 Å². The number of quaternary nitrogens is 1. The van der Waals surface area contributed by atoms with Crippen molar-refractivity contribution >= 4 is 0 Å². The van der Waals surface area contributed by atoms with Crippen LogP contribution in [0.15, 0.2) is 0 Å². The van der Waals surface area contributed by atoms with E-state index in [1.165, 1.54) is 0 Å². The highest BCUT2D eigenvalue weighted by Crippen LogP contribution is 2.10. The quantitative estimate of drug-likeness (QED) is 0.454. The second kappa shape index (κ2) is 3.91. The van der Waals surface area contributed by atoms with Gasteiger partial charge in [-0.1, -0.05) is 13.8 Å². The molecule has 1 atom stereocenters. The van der Waals surface area contributed by atoms with Gasteiger partial charge in [-0.05, 0) is 0 Å². The Hall–Kier alpha value is -0.120. The molecule has 1 unspecified atom stereocenters. The van der Waals surface area contributed by atoms with E-state index < -0.39 is 5.72 Å². The molecule has 0 fully saturated rings. The van der Waals surface area contributed by atoms with Gasteiger partial charge < -0.3 is 15.0 Å². The number of methoxy groups -OCH3 is 1. The van der Waals surface area contributed by atoms with E-state index in [2.05, 4.69) is 0 Å². The zero-order valence-corrected chi connectivity index (χ0v) is 7.23. The van der Waals surface area contributed by atoms with Gasteiger partial charge in [0, 0.05) is 20.0 Å². The van der Waals surface area contributed by atoms with Crippen molar-refractivity contribution in [2.75, 3.05) is 14.2 Å². The standard InChI is InChI=1S/C7H17NO2/c1-5-7(6-2,10-4)8(3)9/h8H,5-6H2,1-4H3. The third kappa shape index (κ3) is 1.68. The van der Waals surface area contributed by atoms with Crippen LogP contribution in [0.25, 0.3) is 0 Å². The van der Waals surface area contributed by atoms with Crippen LogP contribution in [0.3, 0.4) is 0 Å². The largest absolute Gasteiger partial charge is 0.632 e. The average Bonchev–Trinajstić information content (AvgIpc) is 1.92. The van der Waals surface area contributed by atoms with E-state index >= 15 is 0 Å². The van der Waals surface area contributed by atoms with Crippen LogP contribution < -0.4 is 5.06 Å². The molecular weight excluding hydrogens is 130 g/mol. The van der Waals surface area contributed by atoms with Crippen LogP contribution in [0.2, 0.25) is 0 Å². The number of hydrogen-bond donors (Lipinski definition) is 1. The Morgan fingerprint density at radius 1 is 1.40 bits per heavy atom. The SMILES string of the molecule is CCC(CC)(OC)[NH+](C)[O-]. The normalized spacial score (nSPS) is 15.3. The minimum atomic E-state index is -0.514. The predicted octanol–water partition coefficient (Wildman–Crippen LogP) is 0.162. The minimum absolute atomic E-state index is 0.125. The Bertz CT molecular complexity index is 81.3. The van der Waals surface area contributed by atoms with E-state index in [1.807, 2.05) is 13.8 Å². The summed E-state index contributed by atoms with van der Waals surface area (Å²) in [5.74, 6) is 0. The van der Waals surface area contributed by atoms with Crippen molar-refractivity contribution in [2.45, 2.75) is 32.4 Å². The van der Waals surface area contributed by atoms with Crippen molar-refractivity contribution in [3.05, 3.63) is 5.21 Å². The fraction of sp³-hybridized carbons (Fsp3) is 1.00. The first-order valence-electron chi connectivity index (χ1n) is 3.69. The highest BCUT2D eigenvalue weighted by Gasteiger charge is 2.29. The third-order valence-corrected chi connectivity index (χ3v) is 2.17. The monoisotopic (exact) mass is 147 g/mol. The summed E-state index contributed by atoms with van der Waals surface area (Å²) in [6.07, 6.45) is 1.52. The summed E-state index contributed by atoms with van der Waals surface area (Å²) in [5.41, 5.74) is -0.514. The molecule has 0 spiro atoms. The van der Waals surface area contributed by atoms with Crippen LogP contribution in [0, 0.1) is 5.21 Å². The molecule has 0 aromatic rings. The molecule has 0 radical (unpaired) electrons. The smallest absolute Gasteiger partial charge is 0.200 e. The summed E-state index contributed by atoms with van der Waals surface area (Å²) in [6.45, 7) is 3.93. The molecule has 10 heavy (non-hydrogen) atoms. The molecule has 0 heterocycles. The lowest BCUT2D eigenvalue weighted by atomic mass is 10.1. The van der Waals surface area contributed by atoms with Crippen molar-refractivity contribution in [2.24, 2.45) is 0 Å². The zero-order valence-electron chi connectivity index (χ0n) is 7.23. The van der Waals surface area contributed by atoms with Crippen molar-refractivity contribution in [1.82, 2.24) is 0 Å². The molecule has 0 saturated carbocycles. The van der Waals surface area contributed by atoms with Crippen molar-refractivity contribution < 1.29 is 9.80 Å². The lowest BCUT2D eigenvalue weighted by Crippen LogP contribution is -3.13. The molecule has 3 nitrogen and oxygen atoms in total. The van der Waals surface area contributed by atoms with Gasteiger partial charge in [-0.2, -0.15) is 0 Å². The first kappa shape index (κ1) is 9.88. The molecule has 62 valence electrons. The second-order valence-electron chi connectivity index (χ2n) is 2.46. The van der Waals surface area contributed by atoms with Crippen LogP contribution in [0.1, 0.15) is 26.7 Å². The Balaban J connectivity index is 4.15. The maximum Gasteiger partial charge on any atom is 0.200 e. The predicted molar refractivity (Wildman–Crippen MR) is 40.6 cm³/mol. The minimum Gasteiger partial charge on any atom is -0.632 e. The van der Waals surface area contributed by atoms with Crippen LogP contribution in [0.4, 0.5) is 0 Å². The molecule has 0 saturated heterocycles. The third-order valence-electron chi connectivity index (χ3n) is 2.17. The molecule has 0 amide bonds. The zero-order chi connectivity index (χ0) is 8.20. The molecule has 0 aliphatic heterocycles. The Morgan fingerprint density at radius 2 is 1.80 bits per heavy atom. The maximum atomic E-state index is 11.0. The summed E-state index contributed by atoms with van der Waals surface area (Å²) in [7, 11) is 3.17. The summed E-state index contributed by atoms with van der Waals surface area (Å²) >= 11 is 0. The summed E-state index contributed by atoms with van der Waals surface area (Å²) < 4.78 is 5.15. The Kier molecular flexibility index (Phi) is 3.86. The maximum absolute atomic E-state index is 11.0. The molecule has 0 aromatic heterocycles. The van der Waals surface area contributed by atoms with Gasteiger partial charge in [0.1, 0.15) is 0 Å². The number of rotatable bonds is 4. The molecule has 1 N–H and O–H groups in total. The highest BCUT2D eigenvalue weighted by atomic mass is 16.6. The van der Waals surface area contributed by atoms with Gasteiger partial charge in [0.15, 0.2) is 5.72 Å². The van der Waals surface area contributed by atoms with Crippen molar-refractivity contribution in [3.8, 4) is 0 Å². The molecule has 0 aliphatic rings. The Morgan fingerprint density at radius 3 is 1.80 bits per heavy atom. The van der Waals surface area contributed by atoms with Crippen LogP contribution >= 0.6 is 0 Å². The van der Waals surface area contributed by atoms with E-state index in [0.717, 1.165) is 12.8 Å². The summed E-state index contributed by atoms with van der Waals surface area (Å²) in [6, 6.07) is 0. The summed E-state index contributed by atoms with van der Waals surface area (Å²) in [5, 5.41) is 11.2. The molecule has 0 rings (SSSR count). The lowest BCUT2D eigenvalue weighted by Gasteiger charge is -2.38. The van der Waals surface area contributed by atoms with E-state index in [9.17, 15) is 5.21 Å². The van der Waals surface area contributed by atoms with E-state index in [0.29, 0.717) is 0 Å². The number of ether oxygens (including phenoxy) is 1. The topological polar surface area (TPSA) is 36.7 Å². The lowest BCUT2D eigenvalue weighted by molar-refractivity contribution is -0.916. The average molecular weight is 147 g/mol. The van der Waals surface area contributed by atoms with Crippen LogP contribution in [-0.4, -0.2) is 19.9 Å². The van der Waals surface area contributed by atoms with Gasteiger partial charge in [-0.25, -0.2) is 0 Å². The fourth-order valence-corrected chi connectivity index (χ4v) is 1.18. The molecule has 0 aromatic carbocycles. The molecular formula is C7H17NO2. The van der Waals surface area contributed by atoms with E-state index in [1.54, 1.807) is 14.2 Å². The number of hydrogen-bond acceptors (Lipinski definition) is 2. The fourth-order valence-electron chi connectivity index (χ4n) is 1.18. The van der Waals surface area contributed by atoms with Gasteiger partial charge in [0.05, 0.1) is 7.05 Å². The van der Waals surface area contributed by atoms with Crippen molar-refractivity contribution in [1.29, 1.82) is 0 Å². The molecule has 0 aliphatic carbocycles. The van der Waals surface area contributed by atoms with Gasteiger partial charge in [0.2, 0.25) is 0 Å². The second-order valence-corrected chi connectivity index (χ2v) is 2.46.